The maximum absolute atomic E-state index is 12.5. The molecule has 0 aliphatic carbocycles. The van der Waals surface area contributed by atoms with Crippen molar-refractivity contribution in [2.45, 2.75) is 6.42 Å². The molecule has 0 saturated carbocycles. The topological polar surface area (TPSA) is 71.1 Å². The Bertz CT molecular complexity index is 1170. The first-order valence-corrected chi connectivity index (χ1v) is 9.94. The second-order valence-electron chi connectivity index (χ2n) is 7.04. The predicted octanol–water partition coefficient (Wildman–Crippen LogP) is 5.18. The van der Waals surface area contributed by atoms with Crippen molar-refractivity contribution in [1.29, 1.82) is 0 Å². The number of amides is 2. The third-order valence-corrected chi connectivity index (χ3v) is 4.74. The SMILES string of the molecule is O=C(Cc1ccc(-c2ccccc2)cc1)Nc1cccc(C(=O)Nc2ccccn2)c1. The first kappa shape index (κ1) is 20.0. The molecule has 152 valence electrons. The van der Waals surface area contributed by atoms with Crippen LogP contribution in [-0.2, 0) is 11.2 Å². The fourth-order valence-electron chi connectivity index (χ4n) is 3.20. The van der Waals surface area contributed by atoms with Crippen molar-refractivity contribution < 1.29 is 9.59 Å². The Balaban J connectivity index is 1.37. The molecule has 0 fully saturated rings. The number of hydrogen-bond acceptors (Lipinski definition) is 3. The molecule has 0 saturated heterocycles. The van der Waals surface area contributed by atoms with Gasteiger partial charge in [0, 0.05) is 17.4 Å². The lowest BCUT2D eigenvalue weighted by Gasteiger charge is -2.09. The third-order valence-electron chi connectivity index (χ3n) is 4.74. The number of aromatic nitrogens is 1. The molecule has 0 unspecified atom stereocenters. The molecule has 3 aromatic carbocycles. The summed E-state index contributed by atoms with van der Waals surface area (Å²) in [7, 11) is 0. The Kier molecular flexibility index (Phi) is 6.14. The largest absolute Gasteiger partial charge is 0.326 e. The third kappa shape index (κ3) is 5.42. The van der Waals surface area contributed by atoms with Crippen LogP contribution in [0.2, 0.25) is 0 Å². The standard InChI is InChI=1S/C26H21N3O2/c30-25(17-19-12-14-21(15-13-19)20-7-2-1-3-8-20)28-23-10-6-9-22(18-23)26(31)29-24-11-4-5-16-27-24/h1-16,18H,17H2,(H,28,30)(H,27,29,31). The number of carbonyl (C=O) groups is 2. The van der Waals surface area contributed by atoms with Gasteiger partial charge in [-0.3, -0.25) is 9.59 Å². The van der Waals surface area contributed by atoms with Gasteiger partial charge < -0.3 is 10.6 Å². The van der Waals surface area contributed by atoms with Gasteiger partial charge in [0.15, 0.2) is 0 Å². The van der Waals surface area contributed by atoms with Crippen LogP contribution in [0.5, 0.6) is 0 Å². The van der Waals surface area contributed by atoms with Gasteiger partial charge >= 0.3 is 0 Å². The van der Waals surface area contributed by atoms with Crippen molar-refractivity contribution in [2.24, 2.45) is 0 Å². The number of nitrogens with zero attached hydrogens (tertiary/aromatic N) is 1. The molecule has 0 radical (unpaired) electrons. The first-order valence-electron chi connectivity index (χ1n) is 9.94. The molecule has 2 amide bonds. The molecular formula is C26H21N3O2. The second kappa shape index (κ2) is 9.50. The molecule has 4 aromatic rings. The summed E-state index contributed by atoms with van der Waals surface area (Å²) in [5, 5.41) is 5.60. The number of rotatable bonds is 6. The minimum Gasteiger partial charge on any atom is -0.326 e. The van der Waals surface area contributed by atoms with Crippen LogP contribution < -0.4 is 10.6 Å². The van der Waals surface area contributed by atoms with Crippen LogP contribution >= 0.6 is 0 Å². The highest BCUT2D eigenvalue weighted by Gasteiger charge is 2.10. The lowest BCUT2D eigenvalue weighted by Crippen LogP contribution is -2.16. The van der Waals surface area contributed by atoms with E-state index in [2.05, 4.69) is 27.8 Å². The lowest BCUT2D eigenvalue weighted by atomic mass is 10.0. The van der Waals surface area contributed by atoms with Crippen LogP contribution in [0.25, 0.3) is 11.1 Å². The summed E-state index contributed by atoms with van der Waals surface area (Å²) in [5.74, 6) is 0.0435. The summed E-state index contributed by atoms with van der Waals surface area (Å²) >= 11 is 0. The van der Waals surface area contributed by atoms with Crippen LogP contribution in [-0.4, -0.2) is 16.8 Å². The lowest BCUT2D eigenvalue weighted by molar-refractivity contribution is -0.115. The Morgan fingerprint density at radius 3 is 2.19 bits per heavy atom. The summed E-state index contributed by atoms with van der Waals surface area (Å²) in [6.07, 6.45) is 1.86. The minimum atomic E-state index is -0.286. The minimum absolute atomic E-state index is 0.144. The van der Waals surface area contributed by atoms with Gasteiger partial charge in [0.2, 0.25) is 5.91 Å². The molecule has 0 aliphatic rings. The monoisotopic (exact) mass is 407 g/mol. The number of pyridine rings is 1. The van der Waals surface area contributed by atoms with Gasteiger partial charge in [0.05, 0.1) is 6.42 Å². The van der Waals surface area contributed by atoms with Crippen LogP contribution in [0, 0.1) is 0 Å². The van der Waals surface area contributed by atoms with E-state index in [1.165, 1.54) is 0 Å². The van der Waals surface area contributed by atoms with Crippen LogP contribution in [0.4, 0.5) is 11.5 Å². The Labute approximate surface area is 180 Å². The number of nitrogens with one attached hydrogen (secondary N) is 2. The molecular weight excluding hydrogens is 386 g/mol. The maximum Gasteiger partial charge on any atom is 0.256 e. The normalized spacial score (nSPS) is 10.3. The predicted molar refractivity (Wildman–Crippen MR) is 123 cm³/mol. The van der Waals surface area contributed by atoms with Crippen molar-refractivity contribution in [3.05, 3.63) is 114 Å². The van der Waals surface area contributed by atoms with Crippen molar-refractivity contribution in [2.75, 3.05) is 10.6 Å². The van der Waals surface area contributed by atoms with Gasteiger partial charge in [-0.05, 0) is 47.0 Å². The average molecular weight is 407 g/mol. The van der Waals surface area contributed by atoms with E-state index in [1.807, 2.05) is 42.5 Å². The highest BCUT2D eigenvalue weighted by molar-refractivity contribution is 6.05. The van der Waals surface area contributed by atoms with Crippen molar-refractivity contribution in [1.82, 2.24) is 4.98 Å². The Morgan fingerprint density at radius 1 is 0.710 bits per heavy atom. The summed E-state index contributed by atoms with van der Waals surface area (Å²) < 4.78 is 0. The van der Waals surface area contributed by atoms with Gasteiger partial charge in [-0.25, -0.2) is 4.98 Å². The van der Waals surface area contributed by atoms with E-state index in [4.69, 9.17) is 0 Å². The molecule has 5 heteroatoms. The van der Waals surface area contributed by atoms with Crippen molar-refractivity contribution in [3.8, 4) is 11.1 Å². The fourth-order valence-corrected chi connectivity index (χ4v) is 3.20. The highest BCUT2D eigenvalue weighted by atomic mass is 16.2. The van der Waals surface area contributed by atoms with E-state index in [0.29, 0.717) is 17.1 Å². The Hall–Kier alpha value is -4.25. The molecule has 0 atom stereocenters. The molecule has 1 heterocycles. The van der Waals surface area contributed by atoms with E-state index < -0.39 is 0 Å². The highest BCUT2D eigenvalue weighted by Crippen LogP contribution is 2.20. The fraction of sp³-hybridized carbons (Fsp3) is 0.0385. The molecule has 1 aromatic heterocycles. The summed E-state index contributed by atoms with van der Waals surface area (Å²) in [4.78, 5) is 29.0. The van der Waals surface area contributed by atoms with Crippen LogP contribution in [0.15, 0.2) is 103 Å². The number of benzene rings is 3. The van der Waals surface area contributed by atoms with Gasteiger partial charge in [0.1, 0.15) is 5.82 Å². The maximum atomic E-state index is 12.5. The average Bonchev–Trinajstić information content (AvgIpc) is 2.81. The van der Waals surface area contributed by atoms with E-state index in [1.54, 1.807) is 48.7 Å². The second-order valence-corrected chi connectivity index (χ2v) is 7.04. The Morgan fingerprint density at radius 2 is 1.45 bits per heavy atom. The number of anilines is 2. The molecule has 5 nitrogen and oxygen atoms in total. The smallest absolute Gasteiger partial charge is 0.256 e. The van der Waals surface area contributed by atoms with E-state index in [-0.39, 0.29) is 18.2 Å². The molecule has 0 spiro atoms. The number of hydrogen-bond donors (Lipinski definition) is 2. The molecule has 0 aliphatic heterocycles. The van der Waals surface area contributed by atoms with Crippen LogP contribution in [0.1, 0.15) is 15.9 Å². The van der Waals surface area contributed by atoms with Crippen molar-refractivity contribution in [3.63, 3.8) is 0 Å². The van der Waals surface area contributed by atoms with Gasteiger partial charge in [-0.2, -0.15) is 0 Å². The van der Waals surface area contributed by atoms with Crippen molar-refractivity contribution >= 4 is 23.3 Å². The molecule has 2 N–H and O–H groups in total. The quantitative estimate of drug-likeness (QED) is 0.462. The van der Waals surface area contributed by atoms with E-state index in [9.17, 15) is 9.59 Å². The zero-order chi connectivity index (χ0) is 21.5. The van der Waals surface area contributed by atoms with Gasteiger partial charge in [0.25, 0.3) is 5.91 Å². The van der Waals surface area contributed by atoms with Gasteiger partial charge in [-0.15, -0.1) is 0 Å². The van der Waals surface area contributed by atoms with Crippen LogP contribution in [0.3, 0.4) is 0 Å². The summed E-state index contributed by atoms with van der Waals surface area (Å²) in [6.45, 7) is 0. The molecule has 31 heavy (non-hydrogen) atoms. The number of carbonyl (C=O) groups excluding carboxylic acids is 2. The summed E-state index contributed by atoms with van der Waals surface area (Å²) in [6, 6.07) is 30.2. The molecule has 0 bridgehead atoms. The zero-order valence-electron chi connectivity index (χ0n) is 16.8. The first-order chi connectivity index (χ1) is 15.2. The summed E-state index contributed by atoms with van der Waals surface area (Å²) in [5.41, 5.74) is 4.17. The van der Waals surface area contributed by atoms with E-state index >= 15 is 0 Å². The molecule has 4 rings (SSSR count). The van der Waals surface area contributed by atoms with Gasteiger partial charge in [-0.1, -0.05) is 66.7 Å². The van der Waals surface area contributed by atoms with E-state index in [0.717, 1.165) is 16.7 Å². The zero-order valence-corrected chi connectivity index (χ0v) is 16.8.